The average Bonchev–Trinajstić information content (AvgIpc) is 2.45. The van der Waals surface area contributed by atoms with Gasteiger partial charge in [-0.15, -0.1) is 0 Å². The largest absolute Gasteiger partial charge is 0.351 e. The molecular formula is C11H19N3O. The minimum atomic E-state index is -0.156. The molecule has 1 heterocycles. The fraction of sp³-hybridized carbons (Fsp3) is 0.636. The highest BCUT2D eigenvalue weighted by Gasteiger charge is 2.13. The number of nitrogens with one attached hydrogen (secondary N) is 1. The Morgan fingerprint density at radius 2 is 2.20 bits per heavy atom. The van der Waals surface area contributed by atoms with Crippen LogP contribution in [0.1, 0.15) is 32.9 Å². The van der Waals surface area contributed by atoms with Crippen LogP contribution in [0.25, 0.3) is 0 Å². The number of nitrogens with zero attached hydrogens (tertiary/aromatic N) is 2. The van der Waals surface area contributed by atoms with E-state index in [-0.39, 0.29) is 11.4 Å². The molecule has 15 heavy (non-hydrogen) atoms. The first-order valence-corrected chi connectivity index (χ1v) is 5.18. The molecule has 0 radical (unpaired) electrons. The Balaban J connectivity index is 2.35. The third-order valence-corrected chi connectivity index (χ3v) is 1.86. The van der Waals surface area contributed by atoms with Gasteiger partial charge in [0.05, 0.1) is 5.69 Å². The summed E-state index contributed by atoms with van der Waals surface area (Å²) >= 11 is 0. The van der Waals surface area contributed by atoms with Gasteiger partial charge in [0.25, 0.3) is 0 Å². The van der Waals surface area contributed by atoms with Crippen molar-refractivity contribution >= 4 is 5.91 Å². The van der Waals surface area contributed by atoms with Crippen molar-refractivity contribution in [3.05, 3.63) is 18.0 Å². The summed E-state index contributed by atoms with van der Waals surface area (Å²) in [5.41, 5.74) is 0.822. The predicted octanol–water partition coefficient (Wildman–Crippen LogP) is 1.50. The minimum Gasteiger partial charge on any atom is -0.351 e. The van der Waals surface area contributed by atoms with E-state index in [0.717, 1.165) is 5.69 Å². The van der Waals surface area contributed by atoms with Crippen LogP contribution in [0.3, 0.4) is 0 Å². The van der Waals surface area contributed by atoms with Gasteiger partial charge in [-0.25, -0.2) is 0 Å². The molecule has 0 aliphatic heterocycles. The topological polar surface area (TPSA) is 46.9 Å². The lowest BCUT2D eigenvalue weighted by Crippen LogP contribution is -2.40. The predicted molar refractivity (Wildman–Crippen MR) is 59.5 cm³/mol. The quantitative estimate of drug-likeness (QED) is 0.820. The van der Waals surface area contributed by atoms with Crippen molar-refractivity contribution in [3.63, 3.8) is 0 Å². The maximum absolute atomic E-state index is 11.5. The van der Waals surface area contributed by atoms with Gasteiger partial charge in [0, 0.05) is 24.7 Å². The first-order chi connectivity index (χ1) is 6.87. The summed E-state index contributed by atoms with van der Waals surface area (Å²) in [7, 11) is 0. The molecule has 0 fully saturated rings. The van der Waals surface area contributed by atoms with E-state index >= 15 is 0 Å². The van der Waals surface area contributed by atoms with Crippen LogP contribution in [0.15, 0.2) is 12.3 Å². The maximum atomic E-state index is 11.5. The molecule has 1 rings (SSSR count). The summed E-state index contributed by atoms with van der Waals surface area (Å²) in [6.07, 6.45) is 2.36. The summed E-state index contributed by atoms with van der Waals surface area (Å²) in [4.78, 5) is 11.5. The summed E-state index contributed by atoms with van der Waals surface area (Å²) in [5.74, 6) is 0.0654. The van der Waals surface area contributed by atoms with Crippen molar-refractivity contribution in [2.75, 3.05) is 0 Å². The highest BCUT2D eigenvalue weighted by atomic mass is 16.1. The van der Waals surface area contributed by atoms with Crippen LogP contribution in [0, 0.1) is 6.92 Å². The van der Waals surface area contributed by atoms with E-state index < -0.39 is 0 Å². The van der Waals surface area contributed by atoms with E-state index in [2.05, 4.69) is 10.4 Å². The Hall–Kier alpha value is -1.32. The van der Waals surface area contributed by atoms with Gasteiger partial charge >= 0.3 is 0 Å². The van der Waals surface area contributed by atoms with Gasteiger partial charge in [0.2, 0.25) is 5.91 Å². The molecule has 4 heteroatoms. The molecule has 4 nitrogen and oxygen atoms in total. The number of aromatic nitrogens is 2. The summed E-state index contributed by atoms with van der Waals surface area (Å²) in [5, 5.41) is 7.13. The van der Waals surface area contributed by atoms with Crippen molar-refractivity contribution in [3.8, 4) is 0 Å². The molecule has 0 aromatic carbocycles. The smallest absolute Gasteiger partial charge is 0.222 e. The Morgan fingerprint density at radius 3 is 2.67 bits per heavy atom. The number of aryl methyl sites for hydroxylation is 2. The first kappa shape index (κ1) is 11.8. The molecule has 0 atom stereocenters. The molecule has 0 bridgehead atoms. The lowest BCUT2D eigenvalue weighted by atomic mass is 10.1. The zero-order valence-corrected chi connectivity index (χ0v) is 9.87. The number of hydrogen-bond acceptors (Lipinski definition) is 2. The lowest BCUT2D eigenvalue weighted by Gasteiger charge is -2.20. The molecule has 0 unspecified atom stereocenters. The van der Waals surface area contributed by atoms with Crippen molar-refractivity contribution in [1.29, 1.82) is 0 Å². The van der Waals surface area contributed by atoms with E-state index in [0.29, 0.717) is 13.0 Å². The minimum absolute atomic E-state index is 0.0654. The van der Waals surface area contributed by atoms with Crippen molar-refractivity contribution in [2.45, 2.75) is 46.2 Å². The molecule has 0 saturated heterocycles. The normalized spacial score (nSPS) is 11.5. The van der Waals surface area contributed by atoms with Crippen LogP contribution < -0.4 is 5.32 Å². The fourth-order valence-electron chi connectivity index (χ4n) is 1.28. The second-order valence-electron chi connectivity index (χ2n) is 4.77. The van der Waals surface area contributed by atoms with Gasteiger partial charge in [-0.1, -0.05) is 0 Å². The van der Waals surface area contributed by atoms with E-state index in [1.54, 1.807) is 4.68 Å². The van der Waals surface area contributed by atoms with Crippen LogP contribution in [-0.2, 0) is 11.3 Å². The van der Waals surface area contributed by atoms with Crippen molar-refractivity contribution in [2.24, 2.45) is 0 Å². The number of hydrogen-bond donors (Lipinski definition) is 1. The molecule has 1 amide bonds. The van der Waals surface area contributed by atoms with E-state index in [4.69, 9.17) is 0 Å². The van der Waals surface area contributed by atoms with Gasteiger partial charge in [-0.05, 0) is 33.8 Å². The second-order valence-corrected chi connectivity index (χ2v) is 4.77. The second kappa shape index (κ2) is 4.47. The molecule has 0 aliphatic carbocycles. The third kappa shape index (κ3) is 4.63. The molecular weight excluding hydrogens is 190 g/mol. The maximum Gasteiger partial charge on any atom is 0.222 e. The summed E-state index contributed by atoms with van der Waals surface area (Å²) < 4.78 is 1.79. The van der Waals surface area contributed by atoms with Gasteiger partial charge < -0.3 is 5.32 Å². The van der Waals surface area contributed by atoms with Crippen LogP contribution in [0.5, 0.6) is 0 Å². The van der Waals surface area contributed by atoms with Crippen molar-refractivity contribution in [1.82, 2.24) is 15.1 Å². The zero-order valence-electron chi connectivity index (χ0n) is 9.87. The third-order valence-electron chi connectivity index (χ3n) is 1.86. The van der Waals surface area contributed by atoms with Crippen LogP contribution in [-0.4, -0.2) is 21.2 Å². The Kier molecular flexibility index (Phi) is 3.50. The number of carbonyl (C=O) groups excluding carboxylic acids is 1. The van der Waals surface area contributed by atoms with Crippen LogP contribution >= 0.6 is 0 Å². The first-order valence-electron chi connectivity index (χ1n) is 5.18. The van der Waals surface area contributed by atoms with E-state index in [9.17, 15) is 4.79 Å². The number of rotatable bonds is 3. The molecule has 1 aromatic heterocycles. The van der Waals surface area contributed by atoms with Gasteiger partial charge in [-0.3, -0.25) is 9.48 Å². The molecule has 84 valence electrons. The average molecular weight is 209 g/mol. The Labute approximate surface area is 90.7 Å². The Morgan fingerprint density at radius 1 is 1.53 bits per heavy atom. The monoisotopic (exact) mass is 209 g/mol. The van der Waals surface area contributed by atoms with Crippen LogP contribution in [0.4, 0.5) is 0 Å². The van der Waals surface area contributed by atoms with Crippen molar-refractivity contribution < 1.29 is 4.79 Å². The Bertz CT molecular complexity index is 336. The highest BCUT2D eigenvalue weighted by molar-refractivity contribution is 5.76. The molecule has 1 aromatic rings. The SMILES string of the molecule is Cc1ccn(CCC(=O)NC(C)(C)C)n1. The molecule has 0 aliphatic rings. The summed E-state index contributed by atoms with van der Waals surface area (Å²) in [6.45, 7) is 8.50. The van der Waals surface area contributed by atoms with E-state index in [1.165, 1.54) is 0 Å². The number of amides is 1. The molecule has 0 saturated carbocycles. The lowest BCUT2D eigenvalue weighted by molar-refractivity contribution is -0.122. The summed E-state index contributed by atoms with van der Waals surface area (Å²) in [6, 6.07) is 1.93. The van der Waals surface area contributed by atoms with Gasteiger partial charge in [0.1, 0.15) is 0 Å². The number of carbonyl (C=O) groups is 1. The van der Waals surface area contributed by atoms with Gasteiger partial charge in [0.15, 0.2) is 0 Å². The van der Waals surface area contributed by atoms with E-state index in [1.807, 2.05) is 40.0 Å². The fourth-order valence-corrected chi connectivity index (χ4v) is 1.28. The highest BCUT2D eigenvalue weighted by Crippen LogP contribution is 2.00. The standard InChI is InChI=1S/C11H19N3O/c1-9-5-7-14(13-9)8-6-10(15)12-11(2,3)4/h5,7H,6,8H2,1-4H3,(H,12,15). The molecule has 0 spiro atoms. The molecule has 1 N–H and O–H groups in total. The van der Waals surface area contributed by atoms with Crippen LogP contribution in [0.2, 0.25) is 0 Å². The zero-order chi connectivity index (χ0) is 11.5. The van der Waals surface area contributed by atoms with Gasteiger partial charge in [-0.2, -0.15) is 5.10 Å².